The summed E-state index contributed by atoms with van der Waals surface area (Å²) in [4.78, 5) is 0. The quantitative estimate of drug-likeness (QED) is 0.563. The molecule has 9 heteroatoms. The molecule has 0 radical (unpaired) electrons. The van der Waals surface area contributed by atoms with Gasteiger partial charge in [-0.2, -0.15) is 36.0 Å². The molecule has 94 valence electrons. The highest BCUT2D eigenvalue weighted by Gasteiger charge is 2.72. The SMILES string of the molecule is N#CCSCCC(F)(F)C(F)(F)C(F)(F)F. The van der Waals surface area contributed by atoms with E-state index in [0.29, 0.717) is 11.8 Å². The molecule has 0 aromatic heterocycles. The second kappa shape index (κ2) is 5.12. The van der Waals surface area contributed by atoms with Gasteiger partial charge in [-0.1, -0.05) is 0 Å². The van der Waals surface area contributed by atoms with E-state index in [1.165, 1.54) is 6.07 Å². The summed E-state index contributed by atoms with van der Waals surface area (Å²) in [6.07, 6.45) is -7.91. The zero-order chi connectivity index (χ0) is 13.0. The predicted octanol–water partition coefficient (Wildman–Crippen LogP) is 3.47. The highest BCUT2D eigenvalue weighted by atomic mass is 32.2. The van der Waals surface area contributed by atoms with Crippen LogP contribution in [0.5, 0.6) is 0 Å². The molecule has 0 spiro atoms. The molecule has 0 saturated carbocycles. The second-order valence-electron chi connectivity index (χ2n) is 2.74. The molecule has 0 aromatic rings. The lowest BCUT2D eigenvalue weighted by molar-refractivity contribution is -0.354. The van der Waals surface area contributed by atoms with E-state index in [0.717, 1.165) is 0 Å². The van der Waals surface area contributed by atoms with Crippen LogP contribution in [0, 0.1) is 11.3 Å². The maximum absolute atomic E-state index is 12.6. The number of rotatable bonds is 5. The van der Waals surface area contributed by atoms with Gasteiger partial charge in [-0.15, -0.1) is 11.8 Å². The van der Waals surface area contributed by atoms with Crippen LogP contribution in [0.4, 0.5) is 30.7 Å². The van der Waals surface area contributed by atoms with Crippen LogP contribution in [0.15, 0.2) is 0 Å². The van der Waals surface area contributed by atoms with Crippen molar-refractivity contribution in [2.75, 3.05) is 11.5 Å². The van der Waals surface area contributed by atoms with Crippen molar-refractivity contribution in [1.82, 2.24) is 0 Å². The predicted molar refractivity (Wildman–Crippen MR) is 43.5 cm³/mol. The average Bonchev–Trinajstić information content (AvgIpc) is 2.10. The molecule has 0 aliphatic rings. The molecule has 0 amide bonds. The first-order valence-corrected chi connectivity index (χ1v) is 4.99. The van der Waals surface area contributed by atoms with Gasteiger partial charge in [-0.25, -0.2) is 0 Å². The molecule has 0 N–H and O–H groups in total. The van der Waals surface area contributed by atoms with Crippen molar-refractivity contribution in [1.29, 1.82) is 5.26 Å². The fourth-order valence-corrected chi connectivity index (χ4v) is 1.32. The van der Waals surface area contributed by atoms with Crippen LogP contribution in [-0.2, 0) is 0 Å². The Balaban J connectivity index is 4.48. The van der Waals surface area contributed by atoms with Gasteiger partial charge in [0.05, 0.1) is 11.8 Å². The number of nitriles is 1. The minimum absolute atomic E-state index is 0.242. The molecular formula is C7H6F7NS. The molecule has 0 aliphatic carbocycles. The Morgan fingerprint density at radius 2 is 1.50 bits per heavy atom. The monoisotopic (exact) mass is 269 g/mol. The third kappa shape index (κ3) is 3.43. The highest BCUT2D eigenvalue weighted by Crippen LogP contribution is 2.48. The third-order valence-corrected chi connectivity index (χ3v) is 2.37. The number of alkyl halides is 7. The Bertz CT molecular complexity index is 267. The van der Waals surface area contributed by atoms with Crippen LogP contribution in [0.25, 0.3) is 0 Å². The van der Waals surface area contributed by atoms with Gasteiger partial charge in [0.15, 0.2) is 0 Å². The summed E-state index contributed by atoms with van der Waals surface area (Å²) in [5.74, 6) is -12.1. The van der Waals surface area contributed by atoms with Gasteiger partial charge in [0.25, 0.3) is 0 Å². The van der Waals surface area contributed by atoms with Crippen molar-refractivity contribution >= 4 is 11.8 Å². The number of halogens is 7. The maximum Gasteiger partial charge on any atom is 0.459 e. The molecule has 0 fully saturated rings. The van der Waals surface area contributed by atoms with Crippen molar-refractivity contribution in [3.8, 4) is 6.07 Å². The standard InChI is InChI=1S/C7H6F7NS/c8-5(9,1-3-16-4-2-15)6(10,11)7(12,13)14/h1,3-4H2. The lowest BCUT2D eigenvalue weighted by Crippen LogP contribution is -2.52. The summed E-state index contributed by atoms with van der Waals surface area (Å²) in [6, 6.07) is 1.53. The zero-order valence-corrected chi connectivity index (χ0v) is 8.44. The molecule has 1 nitrogen and oxygen atoms in total. The van der Waals surface area contributed by atoms with Crippen molar-refractivity contribution in [3.63, 3.8) is 0 Å². The first kappa shape index (κ1) is 15.3. The first-order valence-electron chi connectivity index (χ1n) is 3.83. The Morgan fingerprint density at radius 3 is 1.88 bits per heavy atom. The van der Waals surface area contributed by atoms with Gasteiger partial charge in [0, 0.05) is 12.2 Å². The van der Waals surface area contributed by atoms with Crippen LogP contribution in [0.2, 0.25) is 0 Å². The Labute approximate surface area is 90.6 Å². The molecule has 16 heavy (non-hydrogen) atoms. The molecule has 0 saturated heterocycles. The molecule has 0 rings (SSSR count). The normalized spacial score (nSPS) is 13.6. The summed E-state index contributed by atoms with van der Waals surface area (Å²) in [5.41, 5.74) is 0. The molecule has 0 bridgehead atoms. The van der Waals surface area contributed by atoms with Crippen LogP contribution in [0.1, 0.15) is 6.42 Å². The lowest BCUT2D eigenvalue weighted by atomic mass is 10.1. The van der Waals surface area contributed by atoms with Crippen molar-refractivity contribution < 1.29 is 30.7 Å². The van der Waals surface area contributed by atoms with Crippen LogP contribution in [0.3, 0.4) is 0 Å². The van der Waals surface area contributed by atoms with E-state index < -0.39 is 30.2 Å². The van der Waals surface area contributed by atoms with E-state index in [9.17, 15) is 30.7 Å². The topological polar surface area (TPSA) is 23.8 Å². The van der Waals surface area contributed by atoms with E-state index in [2.05, 4.69) is 0 Å². The Morgan fingerprint density at radius 1 is 1.00 bits per heavy atom. The lowest BCUT2D eigenvalue weighted by Gasteiger charge is -2.27. The molecule has 0 unspecified atom stereocenters. The van der Waals surface area contributed by atoms with Crippen molar-refractivity contribution in [2.24, 2.45) is 0 Å². The van der Waals surface area contributed by atoms with Gasteiger partial charge in [-0.3, -0.25) is 0 Å². The average molecular weight is 269 g/mol. The third-order valence-electron chi connectivity index (χ3n) is 1.54. The highest BCUT2D eigenvalue weighted by molar-refractivity contribution is 7.99. The second-order valence-corrected chi connectivity index (χ2v) is 3.84. The molecular weight excluding hydrogens is 263 g/mol. The summed E-state index contributed by atoms with van der Waals surface area (Å²) in [5, 5.41) is 8.00. The van der Waals surface area contributed by atoms with Crippen LogP contribution < -0.4 is 0 Å². The zero-order valence-electron chi connectivity index (χ0n) is 7.62. The fourth-order valence-electron chi connectivity index (χ4n) is 0.683. The van der Waals surface area contributed by atoms with E-state index >= 15 is 0 Å². The van der Waals surface area contributed by atoms with E-state index in [4.69, 9.17) is 5.26 Å². The van der Waals surface area contributed by atoms with Gasteiger partial charge < -0.3 is 0 Å². The van der Waals surface area contributed by atoms with Crippen LogP contribution in [-0.4, -0.2) is 29.5 Å². The minimum Gasteiger partial charge on any atom is -0.199 e. The number of nitrogens with zero attached hydrogens (tertiary/aromatic N) is 1. The summed E-state index contributed by atoms with van der Waals surface area (Å²) in [6.45, 7) is 0. The Hall–Kier alpha value is -0.650. The van der Waals surface area contributed by atoms with Crippen molar-refractivity contribution in [3.05, 3.63) is 0 Å². The van der Waals surface area contributed by atoms with E-state index in [1.807, 2.05) is 0 Å². The molecule has 0 heterocycles. The van der Waals surface area contributed by atoms with E-state index in [1.54, 1.807) is 0 Å². The largest absolute Gasteiger partial charge is 0.459 e. The van der Waals surface area contributed by atoms with Gasteiger partial charge in [0.2, 0.25) is 0 Å². The number of thioether (sulfide) groups is 1. The maximum atomic E-state index is 12.6. The van der Waals surface area contributed by atoms with Crippen molar-refractivity contribution in [2.45, 2.75) is 24.4 Å². The molecule has 0 aromatic carbocycles. The summed E-state index contributed by atoms with van der Waals surface area (Å²) in [7, 11) is 0. The summed E-state index contributed by atoms with van der Waals surface area (Å²) >= 11 is 0.565. The van der Waals surface area contributed by atoms with E-state index in [-0.39, 0.29) is 5.75 Å². The van der Waals surface area contributed by atoms with Crippen LogP contribution >= 0.6 is 11.8 Å². The molecule has 0 atom stereocenters. The number of hydrogen-bond donors (Lipinski definition) is 0. The summed E-state index contributed by atoms with van der Waals surface area (Å²) < 4.78 is 84.5. The van der Waals surface area contributed by atoms with Gasteiger partial charge in [0.1, 0.15) is 0 Å². The minimum atomic E-state index is -6.28. The smallest absolute Gasteiger partial charge is 0.199 e. The first-order chi connectivity index (χ1) is 7.06. The molecule has 0 aliphatic heterocycles. The Kier molecular flexibility index (Phi) is 4.91. The van der Waals surface area contributed by atoms with Gasteiger partial charge >= 0.3 is 18.0 Å². The fraction of sp³-hybridized carbons (Fsp3) is 0.857. The number of hydrogen-bond acceptors (Lipinski definition) is 2. The van der Waals surface area contributed by atoms with Gasteiger partial charge in [-0.05, 0) is 0 Å².